The molecule has 0 bridgehead atoms. The second-order valence-corrected chi connectivity index (χ2v) is 19.8. The number of hydroxylamine groups is 2. The van der Waals surface area contributed by atoms with E-state index in [-0.39, 0.29) is 53.5 Å². The van der Waals surface area contributed by atoms with E-state index in [1.54, 1.807) is 78.2 Å². The monoisotopic (exact) mass is 915 g/mol. The molecule has 4 aromatic carbocycles. The number of rotatable bonds is 10. The van der Waals surface area contributed by atoms with Crippen molar-refractivity contribution in [1.82, 2.24) is 13.9 Å². The predicted molar refractivity (Wildman–Crippen MR) is 228 cm³/mol. The van der Waals surface area contributed by atoms with Gasteiger partial charge in [0.1, 0.15) is 18.4 Å². The Balaban J connectivity index is 1.21. The van der Waals surface area contributed by atoms with Crippen LogP contribution in [-0.4, -0.2) is 88.7 Å². The van der Waals surface area contributed by atoms with Crippen LogP contribution in [0, 0.1) is 5.92 Å². The number of sulfonamides is 1. The lowest BCUT2D eigenvalue weighted by molar-refractivity contribution is -0.201. The van der Waals surface area contributed by atoms with Gasteiger partial charge in [-0.15, -0.1) is 5.06 Å². The van der Waals surface area contributed by atoms with Gasteiger partial charge in [0.05, 0.1) is 26.7 Å². The summed E-state index contributed by atoms with van der Waals surface area (Å²) in [6, 6.07) is 28.4. The number of hydrogen-bond acceptors (Lipinski definition) is 12. The summed E-state index contributed by atoms with van der Waals surface area (Å²) in [5.41, 5.74) is 3.58. The lowest BCUT2D eigenvalue weighted by Crippen LogP contribution is -2.42. The summed E-state index contributed by atoms with van der Waals surface area (Å²) < 4.78 is 105. The summed E-state index contributed by atoms with van der Waals surface area (Å²) in [4.78, 5) is 43.3. The summed E-state index contributed by atoms with van der Waals surface area (Å²) in [6.45, 7) is -0.0719. The van der Waals surface area contributed by atoms with Crippen LogP contribution >= 0.6 is 0 Å². The fourth-order valence-corrected chi connectivity index (χ4v) is 10.4. The van der Waals surface area contributed by atoms with Crippen LogP contribution in [0.2, 0.25) is 0 Å². The fourth-order valence-electron chi connectivity index (χ4n) is 7.75. The van der Waals surface area contributed by atoms with E-state index >= 15 is 0 Å². The Morgan fingerprint density at radius 2 is 1.33 bits per heavy atom. The molecule has 8 rings (SSSR count). The van der Waals surface area contributed by atoms with Crippen LogP contribution in [0.3, 0.4) is 0 Å². The van der Waals surface area contributed by atoms with Gasteiger partial charge in [0.2, 0.25) is 21.1 Å². The molecule has 3 heterocycles. The molecule has 17 nitrogen and oxygen atoms in total. The molecule has 63 heavy (non-hydrogen) atoms. The maximum Gasteiger partial charge on any atom is 0.336 e. The largest absolute Gasteiger partial charge is 0.456 e. The molecule has 0 aromatic heterocycles. The van der Waals surface area contributed by atoms with Gasteiger partial charge < -0.3 is 14.2 Å². The Bertz CT molecular complexity index is 3200. The van der Waals surface area contributed by atoms with E-state index in [1.165, 1.54) is 58.9 Å². The normalized spacial score (nSPS) is 16.2. The quantitative estimate of drug-likeness (QED) is 0.0779. The minimum atomic E-state index is -4.42. The van der Waals surface area contributed by atoms with Crippen molar-refractivity contribution in [1.29, 1.82) is 0 Å². The first-order valence-corrected chi connectivity index (χ1v) is 23.8. The molecule has 0 unspecified atom stereocenters. The third kappa shape index (κ3) is 8.47. The van der Waals surface area contributed by atoms with Gasteiger partial charge >= 0.3 is 5.97 Å². The van der Waals surface area contributed by atoms with Crippen LogP contribution in [0.4, 0.5) is 17.1 Å². The Morgan fingerprint density at radius 1 is 0.746 bits per heavy atom. The van der Waals surface area contributed by atoms with E-state index in [1.807, 2.05) is 0 Å². The van der Waals surface area contributed by atoms with Crippen molar-refractivity contribution in [2.75, 3.05) is 32.1 Å². The van der Waals surface area contributed by atoms with E-state index in [9.17, 15) is 48.7 Å². The topological polar surface area (TPSA) is 229 Å². The molecule has 0 atom stereocenters. The zero-order chi connectivity index (χ0) is 45.0. The van der Waals surface area contributed by atoms with Crippen LogP contribution in [0.15, 0.2) is 128 Å². The smallest absolute Gasteiger partial charge is 0.336 e. The SMILES string of the molecule is CN(c1ccc(S(=O)(=O)O)cc1)c1ccc2c(-c3ccccc3S(=O)(=O)N3CCC(C(=O)ON4C(=O)CCC4=O)CC3)c3ccc(=[N+](C)c4ccc(S(=O)(=O)O)cc4)cc-3oc2c1. The van der Waals surface area contributed by atoms with Crippen molar-refractivity contribution in [3.8, 4) is 22.5 Å². The molecule has 0 radical (unpaired) electrons. The standard InChI is InChI=1S/C43H38N4O13S3/c1-44(28-7-13-32(14-8-28)62(53,54)55)30-11-17-34-37(25-30)59-38-26-31(45(2)29-9-15-33(16-10-29)63(56,57)58)12-18-35(38)42(34)36-5-3-4-6-39(36)61(51,52)46-23-21-27(22-24-46)43(50)60-47-40(48)19-20-41(47)49/h3-18,25-27H,19-24H2,1-2H3,(H-,53,54,55,56,57,58)/p+1. The second-order valence-electron chi connectivity index (χ2n) is 15.1. The van der Waals surface area contributed by atoms with Gasteiger partial charge in [-0.2, -0.15) is 25.7 Å². The zero-order valence-corrected chi connectivity index (χ0v) is 36.1. The summed E-state index contributed by atoms with van der Waals surface area (Å²) >= 11 is 0. The number of fused-ring (bicyclic) bond motifs is 2. The number of benzene rings is 5. The number of amides is 2. The van der Waals surface area contributed by atoms with Crippen molar-refractivity contribution in [2.45, 2.75) is 40.4 Å². The molecular weight excluding hydrogens is 877 g/mol. The average Bonchev–Trinajstić information content (AvgIpc) is 3.59. The first-order valence-electron chi connectivity index (χ1n) is 19.4. The van der Waals surface area contributed by atoms with Crippen LogP contribution in [-0.2, 0) is 49.5 Å². The van der Waals surface area contributed by atoms with Crippen molar-refractivity contribution >= 4 is 76.1 Å². The lowest BCUT2D eigenvalue weighted by Gasteiger charge is -2.31. The third-order valence-corrected chi connectivity index (χ3v) is 14.9. The van der Waals surface area contributed by atoms with Crippen molar-refractivity contribution in [3.63, 3.8) is 0 Å². The van der Waals surface area contributed by atoms with E-state index in [0.717, 1.165) is 0 Å². The van der Waals surface area contributed by atoms with Crippen molar-refractivity contribution in [3.05, 3.63) is 115 Å². The average molecular weight is 916 g/mol. The van der Waals surface area contributed by atoms with Gasteiger partial charge in [0, 0.05) is 90.7 Å². The molecular formula is C43H39N4O13S3+. The summed E-state index contributed by atoms with van der Waals surface area (Å²) in [5.74, 6) is -2.37. The molecule has 2 fully saturated rings. The van der Waals surface area contributed by atoms with Gasteiger partial charge in [-0.1, -0.05) is 18.2 Å². The maximum absolute atomic E-state index is 14.6. The molecule has 1 aliphatic carbocycles. The molecule has 20 heteroatoms. The van der Waals surface area contributed by atoms with E-state index in [2.05, 4.69) is 0 Å². The Kier molecular flexibility index (Phi) is 11.3. The zero-order valence-electron chi connectivity index (χ0n) is 33.6. The van der Waals surface area contributed by atoms with Gasteiger partial charge in [0.15, 0.2) is 0 Å². The summed E-state index contributed by atoms with van der Waals surface area (Å²) in [7, 11) is -9.55. The molecule has 2 amide bonds. The second kappa shape index (κ2) is 16.4. The number of anilines is 2. The molecule has 3 aliphatic heterocycles. The summed E-state index contributed by atoms with van der Waals surface area (Å²) in [5, 5.41) is 1.65. The first-order chi connectivity index (χ1) is 29.8. The molecule has 2 N–H and O–H groups in total. The Hall–Kier alpha value is -6.29. The Labute approximate surface area is 361 Å². The predicted octanol–water partition coefficient (Wildman–Crippen LogP) is 5.21. The molecule has 4 aromatic rings. The van der Waals surface area contributed by atoms with Crippen LogP contribution in [0.25, 0.3) is 33.4 Å². The molecule has 326 valence electrons. The first kappa shape index (κ1) is 43.4. The number of piperidine rings is 1. The van der Waals surface area contributed by atoms with Crippen molar-refractivity contribution in [2.24, 2.45) is 5.92 Å². The van der Waals surface area contributed by atoms with Gasteiger partial charge in [-0.3, -0.25) is 18.7 Å². The Morgan fingerprint density at radius 3 is 1.95 bits per heavy atom. The van der Waals surface area contributed by atoms with Gasteiger partial charge in [-0.25, -0.2) is 13.2 Å². The lowest BCUT2D eigenvalue weighted by atomic mass is 9.93. The minimum Gasteiger partial charge on any atom is -0.456 e. The van der Waals surface area contributed by atoms with E-state index in [0.29, 0.717) is 60.9 Å². The number of carbonyl (C=O) groups is 3. The number of hydrogen-bond donors (Lipinski definition) is 2. The molecule has 0 spiro atoms. The third-order valence-electron chi connectivity index (χ3n) is 11.3. The minimum absolute atomic E-state index is 0.00618. The highest BCUT2D eigenvalue weighted by Crippen LogP contribution is 2.44. The van der Waals surface area contributed by atoms with Gasteiger partial charge in [-0.05, 0) is 73.5 Å². The van der Waals surface area contributed by atoms with Crippen LogP contribution in [0.1, 0.15) is 25.7 Å². The number of nitrogens with zero attached hydrogens (tertiary/aromatic N) is 4. The van der Waals surface area contributed by atoms with E-state index in [4.69, 9.17) is 9.25 Å². The summed E-state index contributed by atoms with van der Waals surface area (Å²) in [6.07, 6.45) is 0.0866. The maximum atomic E-state index is 14.6. The molecule has 0 saturated carbocycles. The van der Waals surface area contributed by atoms with Crippen LogP contribution < -0.4 is 14.8 Å². The number of carbonyl (C=O) groups excluding carboxylic acids is 3. The highest BCUT2D eigenvalue weighted by molar-refractivity contribution is 7.89. The fraction of sp³-hybridized carbons (Fsp3) is 0.209. The highest BCUT2D eigenvalue weighted by atomic mass is 32.2. The van der Waals surface area contributed by atoms with Crippen LogP contribution in [0.5, 0.6) is 0 Å². The van der Waals surface area contributed by atoms with Crippen molar-refractivity contribution < 1.29 is 58.0 Å². The highest BCUT2D eigenvalue weighted by Gasteiger charge is 2.38. The van der Waals surface area contributed by atoms with E-state index < -0.39 is 54.0 Å². The number of imide groups is 1. The molecule has 4 aliphatic rings. The molecule has 2 saturated heterocycles. The van der Waals surface area contributed by atoms with Gasteiger partial charge in [0.25, 0.3) is 32.1 Å².